The number of nitrogens with zero attached hydrogens (tertiary/aromatic N) is 1. The van der Waals surface area contributed by atoms with Gasteiger partial charge in [0, 0.05) is 5.54 Å². The summed E-state index contributed by atoms with van der Waals surface area (Å²) in [5, 5.41) is 13.0. The molecule has 1 unspecified atom stereocenters. The molecule has 1 saturated heterocycles. The van der Waals surface area contributed by atoms with Gasteiger partial charge in [0.1, 0.15) is 0 Å². The van der Waals surface area contributed by atoms with E-state index in [2.05, 4.69) is 24.1 Å². The Hall–Kier alpha value is -0.120. The van der Waals surface area contributed by atoms with Crippen molar-refractivity contribution in [3.05, 3.63) is 0 Å². The van der Waals surface area contributed by atoms with Crippen LogP contribution in [0.3, 0.4) is 0 Å². The van der Waals surface area contributed by atoms with Gasteiger partial charge in [-0.25, -0.2) is 0 Å². The molecule has 3 heteroatoms. The highest BCUT2D eigenvalue weighted by atomic mass is 16.3. The molecule has 1 atom stereocenters. The first-order valence-corrected chi connectivity index (χ1v) is 6.34. The molecule has 2 N–H and O–H groups in total. The number of hydrogen-bond donors (Lipinski definition) is 2. The van der Waals surface area contributed by atoms with Crippen molar-refractivity contribution >= 4 is 0 Å². The molecule has 1 fully saturated rings. The SMILES string of the molecule is CCCN1CCCC(CO)(NCC)CC1. The fourth-order valence-electron chi connectivity index (χ4n) is 2.56. The van der Waals surface area contributed by atoms with Gasteiger partial charge < -0.3 is 15.3 Å². The van der Waals surface area contributed by atoms with E-state index < -0.39 is 0 Å². The first-order valence-electron chi connectivity index (χ1n) is 6.34. The second-order valence-electron chi connectivity index (χ2n) is 4.66. The van der Waals surface area contributed by atoms with Crippen molar-refractivity contribution in [2.45, 2.75) is 45.1 Å². The number of rotatable bonds is 5. The molecule has 0 amide bonds. The normalized spacial score (nSPS) is 29.0. The van der Waals surface area contributed by atoms with E-state index in [1.54, 1.807) is 0 Å². The third kappa shape index (κ3) is 3.74. The van der Waals surface area contributed by atoms with Gasteiger partial charge in [0.05, 0.1) is 6.61 Å². The van der Waals surface area contributed by atoms with E-state index in [9.17, 15) is 5.11 Å². The van der Waals surface area contributed by atoms with Crippen LogP contribution < -0.4 is 5.32 Å². The van der Waals surface area contributed by atoms with E-state index >= 15 is 0 Å². The van der Waals surface area contributed by atoms with Crippen molar-refractivity contribution < 1.29 is 5.11 Å². The summed E-state index contributed by atoms with van der Waals surface area (Å²) in [5.41, 5.74) is -0.00274. The summed E-state index contributed by atoms with van der Waals surface area (Å²) >= 11 is 0. The Balaban J connectivity index is 2.48. The lowest BCUT2D eigenvalue weighted by Gasteiger charge is -2.31. The molecule has 0 radical (unpaired) electrons. The maximum atomic E-state index is 9.53. The van der Waals surface area contributed by atoms with Crippen molar-refractivity contribution in [1.29, 1.82) is 0 Å². The van der Waals surface area contributed by atoms with Crippen LogP contribution in [0.15, 0.2) is 0 Å². The van der Waals surface area contributed by atoms with E-state index in [0.29, 0.717) is 0 Å². The van der Waals surface area contributed by atoms with Crippen LogP contribution >= 0.6 is 0 Å². The van der Waals surface area contributed by atoms with Crippen LogP contribution in [0.25, 0.3) is 0 Å². The lowest BCUT2D eigenvalue weighted by Crippen LogP contribution is -2.49. The van der Waals surface area contributed by atoms with Crippen molar-refractivity contribution in [2.75, 3.05) is 32.8 Å². The minimum Gasteiger partial charge on any atom is -0.394 e. The smallest absolute Gasteiger partial charge is 0.0613 e. The molecule has 1 heterocycles. The summed E-state index contributed by atoms with van der Waals surface area (Å²) in [6, 6.07) is 0. The van der Waals surface area contributed by atoms with Crippen molar-refractivity contribution in [3.63, 3.8) is 0 Å². The second-order valence-corrected chi connectivity index (χ2v) is 4.66. The maximum absolute atomic E-state index is 9.53. The zero-order valence-corrected chi connectivity index (χ0v) is 10.3. The van der Waals surface area contributed by atoms with E-state index in [0.717, 1.165) is 25.9 Å². The fourth-order valence-corrected chi connectivity index (χ4v) is 2.56. The van der Waals surface area contributed by atoms with E-state index in [4.69, 9.17) is 0 Å². The van der Waals surface area contributed by atoms with Gasteiger partial charge in [-0.05, 0) is 51.9 Å². The lowest BCUT2D eigenvalue weighted by atomic mass is 9.91. The van der Waals surface area contributed by atoms with Gasteiger partial charge in [-0.15, -0.1) is 0 Å². The molecular weight excluding hydrogens is 188 g/mol. The molecule has 1 aliphatic rings. The zero-order chi connectivity index (χ0) is 11.1. The quantitative estimate of drug-likeness (QED) is 0.722. The predicted octanol–water partition coefficient (Wildman–Crippen LogP) is 1.22. The first kappa shape index (κ1) is 12.9. The largest absolute Gasteiger partial charge is 0.394 e. The van der Waals surface area contributed by atoms with Gasteiger partial charge in [0.2, 0.25) is 0 Å². The van der Waals surface area contributed by atoms with Crippen LogP contribution in [0.5, 0.6) is 0 Å². The number of hydrogen-bond acceptors (Lipinski definition) is 3. The molecule has 0 bridgehead atoms. The van der Waals surface area contributed by atoms with Crippen LogP contribution in [-0.2, 0) is 0 Å². The molecule has 0 spiro atoms. The summed E-state index contributed by atoms with van der Waals surface area (Å²) in [6.45, 7) is 9.10. The number of aliphatic hydroxyl groups is 1. The zero-order valence-electron chi connectivity index (χ0n) is 10.3. The Labute approximate surface area is 93.9 Å². The summed E-state index contributed by atoms with van der Waals surface area (Å²) in [6.07, 6.45) is 4.62. The van der Waals surface area contributed by atoms with Gasteiger partial charge in [0.15, 0.2) is 0 Å². The third-order valence-electron chi connectivity index (χ3n) is 3.43. The summed E-state index contributed by atoms with van der Waals surface area (Å²) < 4.78 is 0. The molecule has 0 saturated carbocycles. The van der Waals surface area contributed by atoms with Gasteiger partial charge in [-0.3, -0.25) is 0 Å². The highest BCUT2D eigenvalue weighted by molar-refractivity contribution is 4.90. The average Bonchev–Trinajstić information content (AvgIpc) is 2.44. The second kappa shape index (κ2) is 6.46. The highest BCUT2D eigenvalue weighted by Crippen LogP contribution is 2.22. The van der Waals surface area contributed by atoms with Crippen molar-refractivity contribution in [1.82, 2.24) is 10.2 Å². The summed E-state index contributed by atoms with van der Waals surface area (Å²) in [7, 11) is 0. The summed E-state index contributed by atoms with van der Waals surface area (Å²) in [5.74, 6) is 0. The molecular formula is C12H26N2O. The van der Waals surface area contributed by atoms with E-state index in [1.165, 1.54) is 25.9 Å². The lowest BCUT2D eigenvalue weighted by molar-refractivity contribution is 0.144. The minimum absolute atomic E-state index is 0.00274. The van der Waals surface area contributed by atoms with Gasteiger partial charge in [0.25, 0.3) is 0 Å². The highest BCUT2D eigenvalue weighted by Gasteiger charge is 2.30. The van der Waals surface area contributed by atoms with Gasteiger partial charge in [-0.2, -0.15) is 0 Å². The van der Waals surface area contributed by atoms with E-state index in [1.807, 2.05) is 0 Å². The van der Waals surface area contributed by atoms with Crippen LogP contribution in [0.4, 0.5) is 0 Å². The molecule has 15 heavy (non-hydrogen) atoms. The fraction of sp³-hybridized carbons (Fsp3) is 1.00. The van der Waals surface area contributed by atoms with Crippen molar-refractivity contribution in [2.24, 2.45) is 0 Å². The molecule has 0 aromatic rings. The number of nitrogens with one attached hydrogen (secondary N) is 1. The minimum atomic E-state index is -0.00274. The number of likely N-dealkylation sites (N-methyl/N-ethyl adjacent to an activating group) is 1. The maximum Gasteiger partial charge on any atom is 0.0613 e. The number of likely N-dealkylation sites (tertiary alicyclic amines) is 1. The Morgan fingerprint density at radius 1 is 1.27 bits per heavy atom. The third-order valence-corrected chi connectivity index (χ3v) is 3.43. The monoisotopic (exact) mass is 214 g/mol. The van der Waals surface area contributed by atoms with Gasteiger partial charge >= 0.3 is 0 Å². The Kier molecular flexibility index (Phi) is 5.58. The van der Waals surface area contributed by atoms with Crippen LogP contribution in [0.1, 0.15) is 39.5 Å². The number of aliphatic hydroxyl groups excluding tert-OH is 1. The molecule has 1 aliphatic heterocycles. The average molecular weight is 214 g/mol. The predicted molar refractivity (Wildman–Crippen MR) is 64.1 cm³/mol. The van der Waals surface area contributed by atoms with Gasteiger partial charge in [-0.1, -0.05) is 13.8 Å². The Morgan fingerprint density at radius 2 is 2.07 bits per heavy atom. The summed E-state index contributed by atoms with van der Waals surface area (Å²) in [4.78, 5) is 2.52. The molecule has 3 nitrogen and oxygen atoms in total. The molecule has 90 valence electrons. The van der Waals surface area contributed by atoms with E-state index in [-0.39, 0.29) is 12.1 Å². The standard InChI is InChI=1S/C12H26N2O/c1-3-8-14-9-5-6-12(11-15,7-10-14)13-4-2/h13,15H,3-11H2,1-2H3. The van der Waals surface area contributed by atoms with Crippen LogP contribution in [0.2, 0.25) is 0 Å². The Bertz CT molecular complexity index is 175. The molecule has 0 aromatic heterocycles. The first-order chi connectivity index (χ1) is 7.26. The van der Waals surface area contributed by atoms with Crippen molar-refractivity contribution in [3.8, 4) is 0 Å². The Morgan fingerprint density at radius 3 is 2.67 bits per heavy atom. The van der Waals surface area contributed by atoms with Crippen LogP contribution in [-0.4, -0.2) is 48.3 Å². The van der Waals surface area contributed by atoms with Crippen LogP contribution in [0, 0.1) is 0 Å². The molecule has 0 aliphatic carbocycles. The molecule has 0 aromatic carbocycles. The molecule has 1 rings (SSSR count). The topological polar surface area (TPSA) is 35.5 Å².